The number of benzene rings is 2. The minimum absolute atomic E-state index is 0.293. The molecule has 3 rings (SSSR count). The predicted molar refractivity (Wildman–Crippen MR) is 98.8 cm³/mol. The Bertz CT molecular complexity index is 824. The number of ether oxygens (including phenoxy) is 1. The minimum Gasteiger partial charge on any atom is -0.497 e. The highest BCUT2D eigenvalue weighted by atomic mass is 35.5. The SMILES string of the molecule is COc1ccc(CN2CCCN(Cc3ccccc3Cl)S2(=O)=O)cc1. The van der Waals surface area contributed by atoms with Crippen molar-refractivity contribution in [2.75, 3.05) is 20.2 Å². The first-order valence-electron chi connectivity index (χ1n) is 8.12. The first-order valence-corrected chi connectivity index (χ1v) is 9.90. The lowest BCUT2D eigenvalue weighted by Gasteiger charge is -2.34. The number of hydrogen-bond donors (Lipinski definition) is 0. The maximum Gasteiger partial charge on any atom is 0.282 e. The van der Waals surface area contributed by atoms with Crippen molar-refractivity contribution < 1.29 is 13.2 Å². The average molecular weight is 381 g/mol. The van der Waals surface area contributed by atoms with E-state index in [-0.39, 0.29) is 0 Å². The lowest BCUT2D eigenvalue weighted by atomic mass is 10.2. The van der Waals surface area contributed by atoms with Crippen LogP contribution in [0.15, 0.2) is 48.5 Å². The van der Waals surface area contributed by atoms with Gasteiger partial charge in [-0.1, -0.05) is 41.9 Å². The molecule has 1 heterocycles. The van der Waals surface area contributed by atoms with Crippen LogP contribution in [0.3, 0.4) is 0 Å². The zero-order valence-electron chi connectivity index (χ0n) is 14.1. The van der Waals surface area contributed by atoms with Gasteiger partial charge < -0.3 is 4.74 Å². The highest BCUT2D eigenvalue weighted by molar-refractivity contribution is 7.86. The molecule has 1 aliphatic rings. The molecule has 1 saturated heterocycles. The van der Waals surface area contributed by atoms with E-state index in [1.807, 2.05) is 42.5 Å². The number of rotatable bonds is 5. The van der Waals surface area contributed by atoms with Crippen LogP contribution in [0.5, 0.6) is 5.75 Å². The van der Waals surface area contributed by atoms with Gasteiger partial charge in [-0.05, 0) is 35.7 Å². The van der Waals surface area contributed by atoms with Crippen LogP contribution in [0.1, 0.15) is 17.5 Å². The van der Waals surface area contributed by atoms with Gasteiger partial charge in [0.15, 0.2) is 0 Å². The molecular weight excluding hydrogens is 360 g/mol. The highest BCUT2D eigenvalue weighted by Gasteiger charge is 2.33. The summed E-state index contributed by atoms with van der Waals surface area (Å²) < 4.78 is 34.0. The third-order valence-corrected chi connectivity index (χ3v) is 6.59. The number of nitrogens with zero attached hydrogens (tertiary/aromatic N) is 2. The smallest absolute Gasteiger partial charge is 0.282 e. The third kappa shape index (κ3) is 4.15. The highest BCUT2D eigenvalue weighted by Crippen LogP contribution is 2.24. The lowest BCUT2D eigenvalue weighted by Crippen LogP contribution is -2.48. The quantitative estimate of drug-likeness (QED) is 0.799. The van der Waals surface area contributed by atoms with Gasteiger partial charge in [-0.15, -0.1) is 0 Å². The van der Waals surface area contributed by atoms with Crippen molar-refractivity contribution >= 4 is 21.8 Å². The van der Waals surface area contributed by atoms with Crippen LogP contribution in [-0.2, 0) is 23.3 Å². The summed E-state index contributed by atoms with van der Waals surface area (Å²) in [4.78, 5) is 0. The van der Waals surface area contributed by atoms with Gasteiger partial charge in [0.2, 0.25) is 0 Å². The number of hydrogen-bond acceptors (Lipinski definition) is 3. The minimum atomic E-state index is -3.52. The molecule has 0 radical (unpaired) electrons. The van der Waals surface area contributed by atoms with E-state index in [0.717, 1.165) is 23.3 Å². The maximum absolute atomic E-state index is 12.9. The van der Waals surface area contributed by atoms with Crippen LogP contribution >= 0.6 is 11.6 Å². The van der Waals surface area contributed by atoms with E-state index in [1.54, 1.807) is 13.2 Å². The molecule has 5 nitrogen and oxygen atoms in total. The lowest BCUT2D eigenvalue weighted by molar-refractivity contribution is 0.276. The molecule has 7 heteroatoms. The standard InChI is InChI=1S/C18H21ClN2O3S/c1-24-17-9-7-15(8-10-17)13-20-11-4-12-21(25(20,22)23)14-16-5-2-3-6-18(16)19/h2-3,5-10H,4,11-14H2,1H3. The van der Waals surface area contributed by atoms with Crippen LogP contribution < -0.4 is 4.74 Å². The van der Waals surface area contributed by atoms with E-state index in [0.29, 0.717) is 31.2 Å². The Morgan fingerprint density at radius 1 is 1.00 bits per heavy atom. The molecule has 1 aliphatic heterocycles. The zero-order chi connectivity index (χ0) is 17.9. The summed E-state index contributed by atoms with van der Waals surface area (Å²) in [5.74, 6) is 0.755. The van der Waals surface area contributed by atoms with E-state index in [9.17, 15) is 8.42 Å². The molecule has 0 aromatic heterocycles. The van der Waals surface area contributed by atoms with Crippen LogP contribution in [0, 0.1) is 0 Å². The topological polar surface area (TPSA) is 49.9 Å². The van der Waals surface area contributed by atoms with Gasteiger partial charge in [0.1, 0.15) is 5.75 Å². The van der Waals surface area contributed by atoms with Crippen molar-refractivity contribution in [2.24, 2.45) is 0 Å². The molecule has 25 heavy (non-hydrogen) atoms. The second-order valence-corrected chi connectivity index (χ2v) is 8.30. The summed E-state index contributed by atoms with van der Waals surface area (Å²) in [7, 11) is -1.91. The summed E-state index contributed by atoms with van der Waals surface area (Å²) in [6.07, 6.45) is 0.792. The van der Waals surface area contributed by atoms with Crippen LogP contribution in [0.2, 0.25) is 5.02 Å². The van der Waals surface area contributed by atoms with E-state index < -0.39 is 10.2 Å². The molecule has 0 bridgehead atoms. The molecule has 134 valence electrons. The normalized spacial score (nSPS) is 18.2. The van der Waals surface area contributed by atoms with Gasteiger partial charge in [-0.3, -0.25) is 0 Å². The number of methoxy groups -OCH3 is 1. The second-order valence-electron chi connectivity index (χ2n) is 5.97. The van der Waals surface area contributed by atoms with Crippen LogP contribution in [0.25, 0.3) is 0 Å². The van der Waals surface area contributed by atoms with Crippen LogP contribution in [-0.4, -0.2) is 37.2 Å². The summed E-state index contributed by atoms with van der Waals surface area (Å²) in [6, 6.07) is 14.8. The van der Waals surface area contributed by atoms with Crippen molar-refractivity contribution in [3.8, 4) is 5.75 Å². The Morgan fingerprint density at radius 2 is 1.64 bits per heavy atom. The van der Waals surface area contributed by atoms with Gasteiger partial charge in [0.25, 0.3) is 10.2 Å². The number of halogens is 1. The molecule has 0 unspecified atom stereocenters. The Labute approximate surface area is 154 Å². The predicted octanol–water partition coefficient (Wildman–Crippen LogP) is 3.30. The fraction of sp³-hybridized carbons (Fsp3) is 0.333. The Kier molecular flexibility index (Phi) is 5.64. The Hall–Kier alpha value is -1.60. The first kappa shape index (κ1) is 18.2. The molecule has 0 atom stereocenters. The monoisotopic (exact) mass is 380 g/mol. The molecule has 2 aromatic carbocycles. The van der Waals surface area contributed by atoms with Gasteiger partial charge in [0.05, 0.1) is 7.11 Å². The summed E-state index contributed by atoms with van der Waals surface area (Å²) >= 11 is 6.18. The fourth-order valence-electron chi connectivity index (χ4n) is 2.89. The van der Waals surface area contributed by atoms with Crippen molar-refractivity contribution in [3.63, 3.8) is 0 Å². The molecule has 1 fully saturated rings. The summed E-state index contributed by atoms with van der Waals surface area (Å²) in [5.41, 5.74) is 1.75. The summed E-state index contributed by atoms with van der Waals surface area (Å²) in [5, 5.41) is 0.588. The van der Waals surface area contributed by atoms with Crippen molar-refractivity contribution in [2.45, 2.75) is 19.5 Å². The van der Waals surface area contributed by atoms with Gasteiger partial charge in [-0.2, -0.15) is 17.0 Å². The van der Waals surface area contributed by atoms with Gasteiger partial charge in [-0.25, -0.2) is 0 Å². The third-order valence-electron chi connectivity index (χ3n) is 4.29. The van der Waals surface area contributed by atoms with Crippen molar-refractivity contribution in [1.82, 2.24) is 8.61 Å². The van der Waals surface area contributed by atoms with Crippen molar-refractivity contribution in [1.29, 1.82) is 0 Å². The Balaban J connectivity index is 1.76. The molecule has 0 N–H and O–H groups in total. The van der Waals surface area contributed by atoms with E-state index in [1.165, 1.54) is 8.61 Å². The molecule has 0 aliphatic carbocycles. The Morgan fingerprint density at radius 3 is 2.28 bits per heavy atom. The molecular formula is C18H21ClN2O3S. The zero-order valence-corrected chi connectivity index (χ0v) is 15.6. The van der Waals surface area contributed by atoms with Crippen LogP contribution in [0.4, 0.5) is 0 Å². The second kappa shape index (κ2) is 7.74. The van der Waals surface area contributed by atoms with Gasteiger partial charge in [0, 0.05) is 31.2 Å². The van der Waals surface area contributed by atoms with E-state index in [2.05, 4.69) is 0 Å². The molecule has 0 saturated carbocycles. The van der Waals surface area contributed by atoms with E-state index in [4.69, 9.17) is 16.3 Å². The fourth-order valence-corrected chi connectivity index (χ4v) is 4.75. The van der Waals surface area contributed by atoms with Crippen molar-refractivity contribution in [3.05, 3.63) is 64.7 Å². The molecule has 0 spiro atoms. The molecule has 2 aromatic rings. The van der Waals surface area contributed by atoms with Gasteiger partial charge >= 0.3 is 0 Å². The first-order chi connectivity index (χ1) is 12.0. The maximum atomic E-state index is 12.9. The van der Waals surface area contributed by atoms with E-state index >= 15 is 0 Å². The largest absolute Gasteiger partial charge is 0.497 e. The summed E-state index contributed by atoms with van der Waals surface area (Å²) in [6.45, 7) is 1.67. The average Bonchev–Trinajstić information content (AvgIpc) is 2.61. The molecule has 0 amide bonds.